The van der Waals surface area contributed by atoms with E-state index in [9.17, 15) is 0 Å². The molecule has 0 aromatic carbocycles. The summed E-state index contributed by atoms with van der Waals surface area (Å²) in [5.41, 5.74) is 1.73. The molecule has 0 heteroatoms. The Bertz CT molecular complexity index is 149. The number of unbranched alkanes of at least 4 members (excludes halogenated alkanes) is 1. The van der Waals surface area contributed by atoms with Crippen molar-refractivity contribution in [2.24, 2.45) is 5.92 Å². The molecule has 13 heavy (non-hydrogen) atoms. The third-order valence-electron chi connectivity index (χ3n) is 3.11. The Kier molecular flexibility index (Phi) is 5.19. The van der Waals surface area contributed by atoms with Crippen LogP contribution in [-0.4, -0.2) is 0 Å². The predicted octanol–water partition coefficient (Wildman–Crippen LogP) is 4.70. The Morgan fingerprint density at radius 3 is 2.62 bits per heavy atom. The van der Waals surface area contributed by atoms with Crippen molar-refractivity contribution >= 4 is 0 Å². The first-order chi connectivity index (χ1) is 6.33. The molecule has 0 spiro atoms. The van der Waals surface area contributed by atoms with Crippen molar-refractivity contribution in [2.75, 3.05) is 0 Å². The van der Waals surface area contributed by atoms with Crippen molar-refractivity contribution in [1.82, 2.24) is 0 Å². The maximum atomic E-state index is 2.49. The second-order valence-electron chi connectivity index (χ2n) is 4.54. The fourth-order valence-electron chi connectivity index (χ4n) is 1.99. The van der Waals surface area contributed by atoms with Gasteiger partial charge in [-0.3, -0.25) is 0 Å². The lowest BCUT2D eigenvalue weighted by molar-refractivity contribution is 0.470. The first-order valence-corrected chi connectivity index (χ1v) is 6.00. The first kappa shape index (κ1) is 10.8. The average Bonchev–Trinajstić information content (AvgIpc) is 2.01. The monoisotopic (exact) mass is 180 g/mol. The zero-order valence-electron chi connectivity index (χ0n) is 9.31. The van der Waals surface area contributed by atoms with E-state index in [1.165, 1.54) is 51.4 Å². The molecule has 1 aliphatic carbocycles. The van der Waals surface area contributed by atoms with Crippen molar-refractivity contribution in [1.29, 1.82) is 0 Å². The zero-order chi connectivity index (χ0) is 9.52. The number of hydrogen-bond acceptors (Lipinski definition) is 0. The third kappa shape index (κ3) is 4.50. The molecule has 0 bridgehead atoms. The summed E-state index contributed by atoms with van der Waals surface area (Å²) in [7, 11) is 0. The molecule has 1 aliphatic rings. The third-order valence-corrected chi connectivity index (χ3v) is 3.11. The minimum absolute atomic E-state index is 0.949. The molecule has 0 amide bonds. The number of hydrogen-bond donors (Lipinski definition) is 0. The van der Waals surface area contributed by atoms with Crippen molar-refractivity contribution < 1.29 is 0 Å². The van der Waals surface area contributed by atoms with Gasteiger partial charge in [-0.2, -0.15) is 0 Å². The van der Waals surface area contributed by atoms with Crippen LogP contribution in [0.5, 0.6) is 0 Å². The lowest BCUT2D eigenvalue weighted by Crippen LogP contribution is -1.97. The molecule has 1 fully saturated rings. The van der Waals surface area contributed by atoms with Crippen LogP contribution in [0.1, 0.15) is 65.2 Å². The molecule has 1 atom stereocenters. The van der Waals surface area contributed by atoms with E-state index < -0.39 is 0 Å². The van der Waals surface area contributed by atoms with Crippen molar-refractivity contribution in [3.8, 4) is 0 Å². The van der Waals surface area contributed by atoms with Gasteiger partial charge in [-0.05, 0) is 38.0 Å². The molecule has 1 unspecified atom stereocenters. The Labute approximate surface area is 83.4 Å². The first-order valence-electron chi connectivity index (χ1n) is 6.00. The topological polar surface area (TPSA) is 0 Å². The smallest absolute Gasteiger partial charge is 0.0317 e. The van der Waals surface area contributed by atoms with E-state index in [-0.39, 0.29) is 0 Å². The Morgan fingerprint density at radius 1 is 1.31 bits per heavy atom. The summed E-state index contributed by atoms with van der Waals surface area (Å²) in [6.07, 6.45) is 13.7. The minimum Gasteiger partial charge on any atom is -0.0853 e. The molecule has 1 rings (SSSR count). The lowest BCUT2D eigenvalue weighted by Gasteiger charge is -2.16. The molecule has 0 radical (unpaired) electrons. The van der Waals surface area contributed by atoms with Crippen molar-refractivity contribution in [2.45, 2.75) is 65.2 Å². The molecule has 1 saturated carbocycles. The fraction of sp³-hybridized carbons (Fsp3) is 0.846. The Morgan fingerprint density at radius 2 is 2.08 bits per heavy atom. The van der Waals surface area contributed by atoms with Crippen LogP contribution in [0.2, 0.25) is 0 Å². The zero-order valence-corrected chi connectivity index (χ0v) is 9.31. The second kappa shape index (κ2) is 6.23. The summed E-state index contributed by atoms with van der Waals surface area (Å²) in [4.78, 5) is 0. The van der Waals surface area contributed by atoms with E-state index in [1.54, 1.807) is 5.57 Å². The van der Waals surface area contributed by atoms with Crippen LogP contribution in [0.25, 0.3) is 0 Å². The minimum atomic E-state index is 0.949. The highest BCUT2D eigenvalue weighted by Crippen LogP contribution is 2.26. The largest absolute Gasteiger partial charge is 0.0853 e. The molecule has 0 saturated heterocycles. The van der Waals surface area contributed by atoms with Gasteiger partial charge in [0.05, 0.1) is 0 Å². The van der Waals surface area contributed by atoms with Crippen LogP contribution >= 0.6 is 0 Å². The normalized spacial score (nSPS) is 18.2. The van der Waals surface area contributed by atoms with E-state index in [1.807, 2.05) is 0 Å². The van der Waals surface area contributed by atoms with Gasteiger partial charge in [0.15, 0.2) is 0 Å². The average molecular weight is 180 g/mol. The van der Waals surface area contributed by atoms with Crippen LogP contribution in [0.15, 0.2) is 11.6 Å². The summed E-state index contributed by atoms with van der Waals surface area (Å²) in [5, 5.41) is 0. The van der Waals surface area contributed by atoms with Gasteiger partial charge < -0.3 is 0 Å². The van der Waals surface area contributed by atoms with Crippen molar-refractivity contribution in [3.63, 3.8) is 0 Å². The highest BCUT2D eigenvalue weighted by atomic mass is 14.1. The quantitative estimate of drug-likeness (QED) is 0.410. The van der Waals surface area contributed by atoms with Crippen LogP contribution in [0.3, 0.4) is 0 Å². The Balaban J connectivity index is 1.93. The predicted molar refractivity (Wildman–Crippen MR) is 59.9 cm³/mol. The van der Waals surface area contributed by atoms with Gasteiger partial charge in [-0.1, -0.05) is 44.8 Å². The van der Waals surface area contributed by atoms with E-state index in [2.05, 4.69) is 19.9 Å². The van der Waals surface area contributed by atoms with Gasteiger partial charge >= 0.3 is 0 Å². The van der Waals surface area contributed by atoms with Crippen LogP contribution in [0.4, 0.5) is 0 Å². The van der Waals surface area contributed by atoms with Gasteiger partial charge in [0, 0.05) is 0 Å². The molecule has 0 aliphatic heterocycles. The number of allylic oxidation sites excluding steroid dienone is 2. The summed E-state index contributed by atoms with van der Waals surface area (Å²) in [5.74, 6) is 0.949. The molecule has 0 N–H and O–H groups in total. The molecule has 0 heterocycles. The van der Waals surface area contributed by atoms with E-state index in [4.69, 9.17) is 0 Å². The molecule has 0 aromatic heterocycles. The van der Waals surface area contributed by atoms with E-state index >= 15 is 0 Å². The highest BCUT2D eigenvalue weighted by Gasteiger charge is 2.06. The number of rotatable bonds is 6. The van der Waals surface area contributed by atoms with Crippen LogP contribution in [-0.2, 0) is 0 Å². The van der Waals surface area contributed by atoms with Gasteiger partial charge in [0.25, 0.3) is 0 Å². The summed E-state index contributed by atoms with van der Waals surface area (Å²) < 4.78 is 0. The van der Waals surface area contributed by atoms with Gasteiger partial charge in [0.2, 0.25) is 0 Å². The molecule has 0 aromatic rings. The fourth-order valence-corrected chi connectivity index (χ4v) is 1.99. The standard InChI is InChI=1S/C13H24/c1-3-7-12(2)8-4-5-9-13-10-6-11-13/h9,12H,3-8,10-11H2,1-2H3. The SMILES string of the molecule is CCCC(C)CCCC=C1CCC1. The van der Waals surface area contributed by atoms with E-state index in [0.717, 1.165) is 5.92 Å². The Hall–Kier alpha value is -0.260. The van der Waals surface area contributed by atoms with Crippen molar-refractivity contribution in [3.05, 3.63) is 11.6 Å². The molecular formula is C13H24. The molecule has 76 valence electrons. The van der Waals surface area contributed by atoms with Gasteiger partial charge in [-0.25, -0.2) is 0 Å². The highest BCUT2D eigenvalue weighted by molar-refractivity contribution is 5.08. The summed E-state index contributed by atoms with van der Waals surface area (Å²) >= 11 is 0. The lowest BCUT2D eigenvalue weighted by atomic mass is 9.90. The van der Waals surface area contributed by atoms with Gasteiger partial charge in [-0.15, -0.1) is 0 Å². The molecule has 0 nitrogen and oxygen atoms in total. The van der Waals surface area contributed by atoms with Gasteiger partial charge in [0.1, 0.15) is 0 Å². The molecular weight excluding hydrogens is 156 g/mol. The van der Waals surface area contributed by atoms with Crippen LogP contribution < -0.4 is 0 Å². The van der Waals surface area contributed by atoms with Crippen LogP contribution in [0, 0.1) is 5.92 Å². The maximum Gasteiger partial charge on any atom is -0.0317 e. The second-order valence-corrected chi connectivity index (χ2v) is 4.54. The summed E-state index contributed by atoms with van der Waals surface area (Å²) in [6.45, 7) is 4.67. The summed E-state index contributed by atoms with van der Waals surface area (Å²) in [6, 6.07) is 0. The van der Waals surface area contributed by atoms with E-state index in [0.29, 0.717) is 0 Å². The maximum absolute atomic E-state index is 2.49.